The van der Waals surface area contributed by atoms with Crippen LogP contribution in [0.3, 0.4) is 0 Å². The van der Waals surface area contributed by atoms with Crippen molar-refractivity contribution >= 4 is 5.97 Å². The van der Waals surface area contributed by atoms with Gasteiger partial charge in [-0.15, -0.1) is 0 Å². The predicted molar refractivity (Wildman–Crippen MR) is 128 cm³/mol. The van der Waals surface area contributed by atoms with E-state index in [1.54, 1.807) is 19.4 Å². The molecule has 0 bridgehead atoms. The lowest BCUT2D eigenvalue weighted by Gasteiger charge is -2.34. The second-order valence-corrected chi connectivity index (χ2v) is 9.01. The van der Waals surface area contributed by atoms with Crippen molar-refractivity contribution in [2.24, 2.45) is 5.92 Å². The summed E-state index contributed by atoms with van der Waals surface area (Å²) >= 11 is 0. The molecule has 0 saturated carbocycles. The molecular weight excluding hydrogens is 418 g/mol. The van der Waals surface area contributed by atoms with Gasteiger partial charge in [-0.3, -0.25) is 9.48 Å². The van der Waals surface area contributed by atoms with Crippen LogP contribution in [0, 0.1) is 12.8 Å². The first kappa shape index (κ1) is 23.0. The van der Waals surface area contributed by atoms with Crippen LogP contribution in [0.15, 0.2) is 41.6 Å². The van der Waals surface area contributed by atoms with Crippen molar-refractivity contribution in [3.05, 3.63) is 63.7 Å². The van der Waals surface area contributed by atoms with E-state index in [1.807, 2.05) is 30.1 Å². The lowest BCUT2D eigenvalue weighted by atomic mass is 9.84. The van der Waals surface area contributed by atoms with Crippen LogP contribution in [0.25, 0.3) is 22.4 Å². The number of aromatic nitrogens is 3. The fourth-order valence-corrected chi connectivity index (χ4v) is 4.59. The summed E-state index contributed by atoms with van der Waals surface area (Å²) in [6.07, 6.45) is 7.35. The second-order valence-electron chi connectivity index (χ2n) is 9.01. The van der Waals surface area contributed by atoms with Gasteiger partial charge in [0.05, 0.1) is 24.6 Å². The van der Waals surface area contributed by atoms with Crippen LogP contribution in [0.5, 0.6) is 0 Å². The van der Waals surface area contributed by atoms with Crippen LogP contribution in [-0.4, -0.2) is 41.1 Å². The molecular formula is C26H31N3O4. The van der Waals surface area contributed by atoms with Gasteiger partial charge in [0.25, 0.3) is 0 Å². The topological polar surface area (TPSA) is 75.3 Å². The summed E-state index contributed by atoms with van der Waals surface area (Å²) in [5.74, 6) is -0.0296. The average Bonchev–Trinajstić information content (AvgIpc) is 3.27. The van der Waals surface area contributed by atoms with Gasteiger partial charge >= 0.3 is 5.97 Å². The van der Waals surface area contributed by atoms with E-state index in [1.165, 1.54) is 7.11 Å². The van der Waals surface area contributed by atoms with Crippen LogP contribution in [-0.2, 0) is 22.4 Å². The van der Waals surface area contributed by atoms with Crippen molar-refractivity contribution in [2.45, 2.75) is 46.2 Å². The van der Waals surface area contributed by atoms with Crippen molar-refractivity contribution < 1.29 is 14.3 Å². The molecule has 174 valence electrons. The van der Waals surface area contributed by atoms with E-state index in [4.69, 9.17) is 9.47 Å². The number of benzene rings is 1. The lowest BCUT2D eigenvalue weighted by Crippen LogP contribution is -2.26. The molecule has 0 N–H and O–H groups in total. The average molecular weight is 450 g/mol. The SMILES string of the molecule is COCCCn1cc(-c2cc3c(cc2C(=O)OC)-c2cc(=O)c(C)cn2C(C(C)C)C3)cn1. The van der Waals surface area contributed by atoms with Crippen molar-refractivity contribution in [3.63, 3.8) is 0 Å². The first-order chi connectivity index (χ1) is 15.8. The molecule has 7 nitrogen and oxygen atoms in total. The van der Waals surface area contributed by atoms with Crippen molar-refractivity contribution in [2.75, 3.05) is 20.8 Å². The number of esters is 1. The molecule has 3 heterocycles. The number of hydrogen-bond acceptors (Lipinski definition) is 5. The summed E-state index contributed by atoms with van der Waals surface area (Å²) in [6, 6.07) is 5.86. The number of pyridine rings is 1. The zero-order valence-electron chi connectivity index (χ0n) is 19.9. The number of ether oxygens (including phenoxy) is 2. The van der Waals surface area contributed by atoms with Crippen LogP contribution in [0.4, 0.5) is 0 Å². The van der Waals surface area contributed by atoms with Gasteiger partial charge in [-0.2, -0.15) is 5.10 Å². The monoisotopic (exact) mass is 449 g/mol. The summed E-state index contributed by atoms with van der Waals surface area (Å²) in [5, 5.41) is 4.47. The molecule has 2 aromatic heterocycles. The highest BCUT2D eigenvalue weighted by Crippen LogP contribution is 2.40. The summed E-state index contributed by atoms with van der Waals surface area (Å²) in [4.78, 5) is 25.3. The Bertz CT molecular complexity index is 1240. The van der Waals surface area contributed by atoms with Crippen LogP contribution in [0.2, 0.25) is 0 Å². The molecule has 1 aliphatic heterocycles. The molecule has 0 aliphatic carbocycles. The Hall–Kier alpha value is -3.19. The normalized spacial score (nSPS) is 14.8. The Balaban J connectivity index is 1.87. The molecule has 0 spiro atoms. The van der Waals surface area contributed by atoms with E-state index in [9.17, 15) is 9.59 Å². The lowest BCUT2D eigenvalue weighted by molar-refractivity contribution is 0.0601. The number of aryl methyl sites for hydroxylation is 2. The quantitative estimate of drug-likeness (QED) is 0.398. The molecule has 4 rings (SSSR count). The molecule has 1 unspecified atom stereocenters. The van der Waals surface area contributed by atoms with Gasteiger partial charge in [0.2, 0.25) is 0 Å². The molecule has 0 fully saturated rings. The summed E-state index contributed by atoms with van der Waals surface area (Å²) in [5.41, 5.74) is 5.71. The van der Waals surface area contributed by atoms with Gasteiger partial charge in [0, 0.05) is 61.5 Å². The third-order valence-corrected chi connectivity index (χ3v) is 6.43. The molecule has 1 aromatic carbocycles. The van der Waals surface area contributed by atoms with E-state index in [0.29, 0.717) is 18.1 Å². The van der Waals surface area contributed by atoms with E-state index in [0.717, 1.165) is 52.9 Å². The highest BCUT2D eigenvalue weighted by Gasteiger charge is 2.29. The van der Waals surface area contributed by atoms with Gasteiger partial charge in [-0.1, -0.05) is 13.8 Å². The maximum absolute atomic E-state index is 12.8. The Morgan fingerprint density at radius 2 is 1.97 bits per heavy atom. The minimum atomic E-state index is -0.410. The van der Waals surface area contributed by atoms with Crippen molar-refractivity contribution in [3.8, 4) is 22.4 Å². The van der Waals surface area contributed by atoms with Gasteiger partial charge in [-0.25, -0.2) is 4.79 Å². The maximum atomic E-state index is 12.8. The van der Waals surface area contributed by atoms with Crippen LogP contribution in [0.1, 0.15) is 47.8 Å². The van der Waals surface area contributed by atoms with Crippen molar-refractivity contribution in [1.29, 1.82) is 0 Å². The minimum Gasteiger partial charge on any atom is -0.465 e. The zero-order valence-corrected chi connectivity index (χ0v) is 19.9. The number of methoxy groups -OCH3 is 2. The summed E-state index contributed by atoms with van der Waals surface area (Å²) < 4.78 is 14.3. The number of fused-ring (bicyclic) bond motifs is 3. The highest BCUT2D eigenvalue weighted by molar-refractivity contribution is 5.99. The maximum Gasteiger partial charge on any atom is 0.338 e. The third-order valence-electron chi connectivity index (χ3n) is 6.43. The van der Waals surface area contributed by atoms with Gasteiger partial charge < -0.3 is 14.0 Å². The van der Waals surface area contributed by atoms with E-state index in [-0.39, 0.29) is 11.5 Å². The second kappa shape index (κ2) is 9.35. The number of carbonyl (C=O) groups is 1. The molecule has 0 radical (unpaired) electrons. The number of rotatable bonds is 7. The minimum absolute atomic E-state index is 0.00219. The largest absolute Gasteiger partial charge is 0.465 e. The van der Waals surface area contributed by atoms with E-state index >= 15 is 0 Å². The van der Waals surface area contributed by atoms with E-state index in [2.05, 4.69) is 29.6 Å². The molecule has 0 amide bonds. The van der Waals surface area contributed by atoms with Crippen LogP contribution < -0.4 is 5.43 Å². The number of hydrogen-bond donors (Lipinski definition) is 0. The molecule has 0 saturated heterocycles. The Morgan fingerprint density at radius 1 is 1.18 bits per heavy atom. The summed E-state index contributed by atoms with van der Waals surface area (Å²) in [7, 11) is 3.07. The zero-order chi connectivity index (χ0) is 23.7. The standard InChI is InChI=1S/C26H31N3O4/c1-16(2)23-10-18-9-20(19-13-27-28(15-19)7-6-8-32-4)22(26(31)33-5)11-21(18)24-12-25(30)17(3)14-29(23)24/h9,11-16,23H,6-8,10H2,1-5H3. The number of nitrogens with zero attached hydrogens (tertiary/aromatic N) is 3. The first-order valence-corrected chi connectivity index (χ1v) is 11.3. The first-order valence-electron chi connectivity index (χ1n) is 11.3. The molecule has 1 atom stereocenters. The van der Waals surface area contributed by atoms with Gasteiger partial charge in [0.1, 0.15) is 0 Å². The fraction of sp³-hybridized carbons (Fsp3) is 0.423. The van der Waals surface area contributed by atoms with E-state index < -0.39 is 5.97 Å². The molecule has 33 heavy (non-hydrogen) atoms. The Labute approximate surface area is 194 Å². The molecule has 1 aliphatic rings. The number of carbonyl (C=O) groups excluding carboxylic acids is 1. The molecule has 3 aromatic rings. The van der Waals surface area contributed by atoms with Gasteiger partial charge in [-0.05, 0) is 48.9 Å². The smallest absolute Gasteiger partial charge is 0.338 e. The predicted octanol–water partition coefficient (Wildman–Crippen LogP) is 4.26. The highest BCUT2D eigenvalue weighted by atomic mass is 16.5. The summed E-state index contributed by atoms with van der Waals surface area (Å²) in [6.45, 7) is 7.63. The Kier molecular flexibility index (Phi) is 6.51. The Morgan fingerprint density at radius 3 is 2.67 bits per heavy atom. The molecule has 7 heteroatoms. The third kappa shape index (κ3) is 4.37. The van der Waals surface area contributed by atoms with Gasteiger partial charge in [0.15, 0.2) is 5.43 Å². The fourth-order valence-electron chi connectivity index (χ4n) is 4.59. The van der Waals surface area contributed by atoms with Crippen LogP contribution >= 0.6 is 0 Å². The van der Waals surface area contributed by atoms with Crippen molar-refractivity contribution in [1.82, 2.24) is 14.3 Å².